The van der Waals surface area contributed by atoms with Gasteiger partial charge in [0.2, 0.25) is 0 Å². The number of rotatable bonds is 3. The molecular weight excluding hydrogens is 266 g/mol. The van der Waals surface area contributed by atoms with Crippen molar-refractivity contribution < 1.29 is 14.6 Å². The summed E-state index contributed by atoms with van der Waals surface area (Å²) in [6.07, 6.45) is 0. The topological polar surface area (TPSA) is 58.6 Å². The number of phenols is 1. The van der Waals surface area contributed by atoms with E-state index >= 15 is 0 Å². The fourth-order valence-corrected chi connectivity index (χ4v) is 1.73. The minimum atomic E-state index is -0.277. The summed E-state index contributed by atoms with van der Waals surface area (Å²) in [5.74, 6) is 0.304. The molecule has 0 saturated carbocycles. The SMILES string of the molecule is COc1cccc(C(=O)Nc2ccc(O)c(Cl)c2)c1. The van der Waals surface area contributed by atoms with Gasteiger partial charge in [-0.15, -0.1) is 0 Å². The van der Waals surface area contributed by atoms with Crippen molar-refractivity contribution in [2.45, 2.75) is 0 Å². The highest BCUT2D eigenvalue weighted by Gasteiger charge is 2.08. The average Bonchev–Trinajstić information content (AvgIpc) is 2.43. The molecule has 19 heavy (non-hydrogen) atoms. The molecule has 0 radical (unpaired) electrons. The van der Waals surface area contributed by atoms with Crippen LogP contribution < -0.4 is 10.1 Å². The van der Waals surface area contributed by atoms with Crippen LogP contribution in [0, 0.1) is 0 Å². The van der Waals surface area contributed by atoms with E-state index in [1.165, 1.54) is 19.2 Å². The van der Waals surface area contributed by atoms with Crippen molar-refractivity contribution >= 4 is 23.2 Å². The Morgan fingerprint density at radius 2 is 2.05 bits per heavy atom. The Labute approximate surface area is 115 Å². The quantitative estimate of drug-likeness (QED) is 0.846. The van der Waals surface area contributed by atoms with Gasteiger partial charge in [-0.05, 0) is 36.4 Å². The lowest BCUT2D eigenvalue weighted by atomic mass is 10.2. The van der Waals surface area contributed by atoms with Crippen molar-refractivity contribution in [1.82, 2.24) is 0 Å². The molecule has 0 aromatic heterocycles. The smallest absolute Gasteiger partial charge is 0.255 e. The average molecular weight is 278 g/mol. The summed E-state index contributed by atoms with van der Waals surface area (Å²) in [6.45, 7) is 0. The van der Waals surface area contributed by atoms with Crippen LogP contribution in [0.5, 0.6) is 11.5 Å². The second-order valence-electron chi connectivity index (χ2n) is 3.85. The van der Waals surface area contributed by atoms with E-state index in [2.05, 4.69) is 5.32 Å². The number of halogens is 1. The highest BCUT2D eigenvalue weighted by atomic mass is 35.5. The summed E-state index contributed by atoms with van der Waals surface area (Å²) < 4.78 is 5.06. The van der Waals surface area contributed by atoms with Gasteiger partial charge in [-0.3, -0.25) is 4.79 Å². The van der Waals surface area contributed by atoms with Gasteiger partial charge < -0.3 is 15.2 Å². The van der Waals surface area contributed by atoms with Crippen LogP contribution in [0.2, 0.25) is 5.02 Å². The zero-order chi connectivity index (χ0) is 13.8. The number of hydrogen-bond acceptors (Lipinski definition) is 3. The second kappa shape index (κ2) is 5.63. The molecule has 5 heteroatoms. The van der Waals surface area contributed by atoms with Crippen molar-refractivity contribution in [2.24, 2.45) is 0 Å². The summed E-state index contributed by atoms with van der Waals surface area (Å²) in [7, 11) is 1.54. The third kappa shape index (κ3) is 3.17. The van der Waals surface area contributed by atoms with Crippen molar-refractivity contribution in [2.75, 3.05) is 12.4 Å². The van der Waals surface area contributed by atoms with Gasteiger partial charge in [0, 0.05) is 11.3 Å². The molecule has 0 atom stereocenters. The molecule has 0 bridgehead atoms. The molecule has 2 aromatic rings. The van der Waals surface area contributed by atoms with E-state index in [9.17, 15) is 9.90 Å². The fraction of sp³-hybridized carbons (Fsp3) is 0.0714. The first-order valence-corrected chi connectivity index (χ1v) is 5.92. The van der Waals surface area contributed by atoms with E-state index in [0.29, 0.717) is 17.0 Å². The number of aromatic hydroxyl groups is 1. The number of benzene rings is 2. The van der Waals surface area contributed by atoms with Gasteiger partial charge in [0.15, 0.2) is 0 Å². The highest BCUT2D eigenvalue weighted by Crippen LogP contribution is 2.26. The number of methoxy groups -OCH3 is 1. The zero-order valence-corrected chi connectivity index (χ0v) is 10.9. The van der Waals surface area contributed by atoms with Crippen molar-refractivity contribution in [1.29, 1.82) is 0 Å². The Bertz CT molecular complexity index is 613. The minimum absolute atomic E-state index is 0.0268. The molecule has 2 N–H and O–H groups in total. The predicted molar refractivity (Wildman–Crippen MR) is 74.1 cm³/mol. The Morgan fingerprint density at radius 1 is 1.26 bits per heavy atom. The summed E-state index contributed by atoms with van der Waals surface area (Å²) in [4.78, 5) is 12.0. The molecule has 4 nitrogen and oxygen atoms in total. The maximum Gasteiger partial charge on any atom is 0.255 e. The maximum atomic E-state index is 12.0. The molecular formula is C14H12ClNO3. The first-order valence-electron chi connectivity index (χ1n) is 5.54. The molecule has 1 amide bonds. The molecule has 0 unspecified atom stereocenters. The van der Waals surface area contributed by atoms with Crippen LogP contribution in [0.3, 0.4) is 0 Å². The molecule has 0 heterocycles. The van der Waals surface area contributed by atoms with Gasteiger partial charge in [-0.1, -0.05) is 17.7 Å². The van der Waals surface area contributed by atoms with Gasteiger partial charge in [0.25, 0.3) is 5.91 Å². The molecule has 0 aliphatic rings. The normalized spacial score (nSPS) is 10.0. The molecule has 0 fully saturated rings. The lowest BCUT2D eigenvalue weighted by Crippen LogP contribution is -2.11. The summed E-state index contributed by atoms with van der Waals surface area (Å²) in [5, 5.41) is 12.2. The van der Waals surface area contributed by atoms with E-state index in [1.54, 1.807) is 30.3 Å². The maximum absolute atomic E-state index is 12.0. The van der Waals surface area contributed by atoms with Crippen LogP contribution in [0.1, 0.15) is 10.4 Å². The highest BCUT2D eigenvalue weighted by molar-refractivity contribution is 6.32. The standard InChI is InChI=1S/C14H12ClNO3/c1-19-11-4-2-3-9(7-11)14(18)16-10-5-6-13(17)12(15)8-10/h2-8,17H,1H3,(H,16,18). The zero-order valence-electron chi connectivity index (χ0n) is 10.2. The molecule has 2 aromatic carbocycles. The Morgan fingerprint density at radius 3 is 2.74 bits per heavy atom. The van der Waals surface area contributed by atoms with E-state index in [1.807, 2.05) is 0 Å². The van der Waals surface area contributed by atoms with Crippen molar-refractivity contribution in [3.05, 3.63) is 53.1 Å². The summed E-state index contributed by atoms with van der Waals surface area (Å²) in [6, 6.07) is 11.3. The van der Waals surface area contributed by atoms with Gasteiger partial charge in [-0.2, -0.15) is 0 Å². The summed E-state index contributed by atoms with van der Waals surface area (Å²) in [5.41, 5.74) is 0.985. The second-order valence-corrected chi connectivity index (χ2v) is 4.26. The van der Waals surface area contributed by atoms with Gasteiger partial charge >= 0.3 is 0 Å². The van der Waals surface area contributed by atoms with Gasteiger partial charge in [-0.25, -0.2) is 0 Å². The first kappa shape index (κ1) is 13.2. The lowest BCUT2D eigenvalue weighted by Gasteiger charge is -2.07. The number of hydrogen-bond donors (Lipinski definition) is 2. The van der Waals surface area contributed by atoms with E-state index in [4.69, 9.17) is 16.3 Å². The van der Waals surface area contributed by atoms with Crippen LogP contribution in [-0.4, -0.2) is 18.1 Å². The number of nitrogens with one attached hydrogen (secondary N) is 1. The molecule has 0 aliphatic carbocycles. The Balaban J connectivity index is 2.18. The molecule has 0 spiro atoms. The summed E-state index contributed by atoms with van der Waals surface area (Å²) >= 11 is 5.77. The number of anilines is 1. The number of amides is 1. The van der Waals surface area contributed by atoms with Gasteiger partial charge in [0.1, 0.15) is 11.5 Å². The van der Waals surface area contributed by atoms with Crippen LogP contribution in [-0.2, 0) is 0 Å². The lowest BCUT2D eigenvalue weighted by molar-refractivity contribution is 0.102. The fourth-order valence-electron chi connectivity index (χ4n) is 1.55. The van der Waals surface area contributed by atoms with Crippen molar-refractivity contribution in [3.63, 3.8) is 0 Å². The number of carbonyl (C=O) groups excluding carboxylic acids is 1. The van der Waals surface area contributed by atoms with Crippen molar-refractivity contribution in [3.8, 4) is 11.5 Å². The number of phenolic OH excluding ortho intramolecular Hbond substituents is 1. The monoisotopic (exact) mass is 277 g/mol. The van der Waals surface area contributed by atoms with E-state index in [-0.39, 0.29) is 16.7 Å². The van der Waals surface area contributed by atoms with Crippen LogP contribution in [0.25, 0.3) is 0 Å². The predicted octanol–water partition coefficient (Wildman–Crippen LogP) is 3.31. The molecule has 98 valence electrons. The third-order valence-electron chi connectivity index (χ3n) is 2.54. The van der Waals surface area contributed by atoms with E-state index in [0.717, 1.165) is 0 Å². The Kier molecular flexibility index (Phi) is 3.92. The third-order valence-corrected chi connectivity index (χ3v) is 2.84. The minimum Gasteiger partial charge on any atom is -0.506 e. The molecule has 0 saturated heterocycles. The van der Waals surface area contributed by atoms with Crippen LogP contribution in [0.4, 0.5) is 5.69 Å². The number of ether oxygens (including phenoxy) is 1. The van der Waals surface area contributed by atoms with Crippen LogP contribution >= 0.6 is 11.6 Å². The van der Waals surface area contributed by atoms with Crippen LogP contribution in [0.15, 0.2) is 42.5 Å². The number of carbonyl (C=O) groups is 1. The molecule has 2 rings (SSSR count). The molecule has 0 aliphatic heterocycles. The Hall–Kier alpha value is -2.20. The van der Waals surface area contributed by atoms with Gasteiger partial charge in [0.05, 0.1) is 12.1 Å². The van der Waals surface area contributed by atoms with E-state index < -0.39 is 0 Å². The first-order chi connectivity index (χ1) is 9.10. The largest absolute Gasteiger partial charge is 0.506 e.